The maximum Gasteiger partial charge on any atom is 0.332 e. The second kappa shape index (κ2) is 7.35. The van der Waals surface area contributed by atoms with Crippen molar-refractivity contribution >= 4 is 17.3 Å². The minimum atomic E-state index is -0.613. The van der Waals surface area contributed by atoms with Gasteiger partial charge in [-0.05, 0) is 16.7 Å². The lowest BCUT2D eigenvalue weighted by atomic mass is 9.76. The minimum absolute atomic E-state index is 0.0481. The molecular formula is C28H21N3O3. The topological polar surface area (TPSA) is 73.4 Å². The van der Waals surface area contributed by atoms with Crippen LogP contribution in [0, 0.1) is 5.92 Å². The van der Waals surface area contributed by atoms with Crippen LogP contribution in [0.15, 0.2) is 93.4 Å². The number of ketones is 1. The van der Waals surface area contributed by atoms with Gasteiger partial charge in [0.1, 0.15) is 5.82 Å². The Bertz CT molecular complexity index is 1630. The summed E-state index contributed by atoms with van der Waals surface area (Å²) in [5.74, 6) is -0.885. The highest BCUT2D eigenvalue weighted by molar-refractivity contribution is 6.30. The zero-order valence-electron chi connectivity index (χ0n) is 18.7. The summed E-state index contributed by atoms with van der Waals surface area (Å²) in [4.78, 5) is 44.4. The van der Waals surface area contributed by atoms with Gasteiger partial charge in [0.15, 0.2) is 5.78 Å². The van der Waals surface area contributed by atoms with E-state index >= 15 is 0 Å². The predicted molar refractivity (Wildman–Crippen MR) is 131 cm³/mol. The zero-order valence-corrected chi connectivity index (χ0v) is 18.7. The number of Topliss-reactive ketones (excluding diaryl/α,β-unsaturated/α-hetero) is 1. The molecule has 4 aromatic rings. The second-order valence-corrected chi connectivity index (χ2v) is 8.79. The number of aliphatic imine (C=N–C) groups is 1. The summed E-state index contributed by atoms with van der Waals surface area (Å²) in [6.45, 7) is 0. The monoisotopic (exact) mass is 447 g/mol. The molecule has 0 spiro atoms. The number of carbonyl (C=O) groups excluding carboxylic acids is 1. The normalized spacial score (nSPS) is 18.2. The summed E-state index contributed by atoms with van der Waals surface area (Å²) in [7, 11) is 3.08. The maximum absolute atomic E-state index is 13.6. The first-order valence-electron chi connectivity index (χ1n) is 11.1. The number of nitrogens with zero attached hydrogens (tertiary/aromatic N) is 3. The fraction of sp³-hybridized carbons (Fsp3) is 0.143. The molecule has 1 aliphatic carbocycles. The molecule has 3 aromatic carbocycles. The van der Waals surface area contributed by atoms with E-state index in [2.05, 4.69) is 0 Å². The van der Waals surface area contributed by atoms with Gasteiger partial charge in [-0.15, -0.1) is 0 Å². The van der Waals surface area contributed by atoms with E-state index in [0.29, 0.717) is 22.7 Å². The Labute approximate surface area is 195 Å². The maximum atomic E-state index is 13.6. The summed E-state index contributed by atoms with van der Waals surface area (Å²) in [6, 6.07) is 25.4. The third kappa shape index (κ3) is 2.75. The highest BCUT2D eigenvalue weighted by Gasteiger charge is 2.47. The lowest BCUT2D eigenvalue weighted by molar-refractivity contribution is 0.0953. The molecule has 0 unspecified atom stereocenters. The van der Waals surface area contributed by atoms with E-state index < -0.39 is 23.1 Å². The molecule has 166 valence electrons. The number of rotatable bonds is 2. The van der Waals surface area contributed by atoms with Crippen molar-refractivity contribution in [1.29, 1.82) is 0 Å². The fourth-order valence-corrected chi connectivity index (χ4v) is 5.24. The average Bonchev–Trinajstić information content (AvgIpc) is 3.17. The third-order valence-corrected chi connectivity index (χ3v) is 6.96. The molecule has 0 saturated heterocycles. The SMILES string of the molecule is Cn1c2c(c(=O)n(C)c1=O)[C@@H](c1ccc(-c3ccccc3)cc1)[C@@H]1C(=O)c3ccccc3C1=N2. The van der Waals surface area contributed by atoms with Crippen molar-refractivity contribution in [3.8, 4) is 11.1 Å². The van der Waals surface area contributed by atoms with Crippen molar-refractivity contribution in [3.05, 3.63) is 122 Å². The van der Waals surface area contributed by atoms with Gasteiger partial charge in [-0.25, -0.2) is 9.79 Å². The number of hydrogen-bond donors (Lipinski definition) is 0. The van der Waals surface area contributed by atoms with Crippen LogP contribution >= 0.6 is 0 Å². The van der Waals surface area contributed by atoms with Gasteiger partial charge in [0.05, 0.1) is 17.2 Å². The molecule has 0 fully saturated rings. The van der Waals surface area contributed by atoms with Crippen LogP contribution in [0.5, 0.6) is 0 Å². The molecule has 0 bridgehead atoms. The Kier molecular flexibility index (Phi) is 4.39. The molecule has 0 saturated carbocycles. The summed E-state index contributed by atoms with van der Waals surface area (Å²) in [5, 5.41) is 0. The predicted octanol–water partition coefficient (Wildman–Crippen LogP) is 3.83. The molecule has 6 nitrogen and oxygen atoms in total. The molecule has 6 heteroatoms. The van der Waals surface area contributed by atoms with E-state index in [4.69, 9.17) is 4.99 Å². The van der Waals surface area contributed by atoms with Crippen LogP contribution in [-0.2, 0) is 14.1 Å². The van der Waals surface area contributed by atoms with E-state index in [-0.39, 0.29) is 5.78 Å². The molecule has 1 aromatic heterocycles. The minimum Gasteiger partial charge on any atom is -0.293 e. The standard InChI is InChI=1S/C28H21N3O3/c1-30-26-23(27(33)31(2)28(30)34)21(18-14-12-17(13-15-18)16-8-4-3-5-9-16)22-24(29-26)19-10-6-7-11-20(19)25(22)32/h3-15,21-22H,1-2H3/t21-,22-/m0/s1. The highest BCUT2D eigenvalue weighted by atomic mass is 16.2. The summed E-state index contributed by atoms with van der Waals surface area (Å²) in [5.41, 5.74) is 4.49. The van der Waals surface area contributed by atoms with Crippen molar-refractivity contribution in [3.63, 3.8) is 0 Å². The van der Waals surface area contributed by atoms with Gasteiger partial charge < -0.3 is 0 Å². The van der Waals surface area contributed by atoms with Gasteiger partial charge in [0.25, 0.3) is 5.56 Å². The summed E-state index contributed by atoms with van der Waals surface area (Å²) in [6.07, 6.45) is 0. The molecule has 0 radical (unpaired) electrons. The molecule has 6 rings (SSSR count). The quantitative estimate of drug-likeness (QED) is 0.469. The number of hydrogen-bond acceptors (Lipinski definition) is 4. The van der Waals surface area contributed by atoms with Crippen LogP contribution in [0.3, 0.4) is 0 Å². The van der Waals surface area contributed by atoms with E-state index in [0.717, 1.165) is 26.8 Å². The van der Waals surface area contributed by atoms with E-state index in [9.17, 15) is 14.4 Å². The number of fused-ring (bicyclic) bond motifs is 4. The molecule has 0 amide bonds. The molecule has 0 N–H and O–H groups in total. The van der Waals surface area contributed by atoms with Crippen molar-refractivity contribution in [2.75, 3.05) is 0 Å². The van der Waals surface area contributed by atoms with Crippen molar-refractivity contribution < 1.29 is 4.79 Å². The average molecular weight is 447 g/mol. The number of benzene rings is 3. The molecule has 2 heterocycles. The van der Waals surface area contributed by atoms with Gasteiger partial charge in [0, 0.05) is 31.1 Å². The highest BCUT2D eigenvalue weighted by Crippen LogP contribution is 2.46. The van der Waals surface area contributed by atoms with E-state index in [1.165, 1.54) is 11.6 Å². The van der Waals surface area contributed by atoms with Crippen LogP contribution < -0.4 is 11.2 Å². The first-order chi connectivity index (χ1) is 16.5. The molecular weight excluding hydrogens is 426 g/mol. The molecule has 1 aliphatic heterocycles. The second-order valence-electron chi connectivity index (χ2n) is 8.79. The summed E-state index contributed by atoms with van der Waals surface area (Å²) < 4.78 is 2.49. The Morgan fingerprint density at radius 1 is 0.676 bits per heavy atom. The first kappa shape index (κ1) is 20.3. The van der Waals surface area contributed by atoms with Gasteiger partial charge in [-0.3, -0.25) is 18.7 Å². The summed E-state index contributed by atoms with van der Waals surface area (Å²) >= 11 is 0. The molecule has 2 atom stereocenters. The third-order valence-electron chi connectivity index (χ3n) is 6.96. The zero-order chi connectivity index (χ0) is 23.6. The molecule has 34 heavy (non-hydrogen) atoms. The fourth-order valence-electron chi connectivity index (χ4n) is 5.24. The van der Waals surface area contributed by atoms with Gasteiger partial charge in [0.2, 0.25) is 0 Å². The van der Waals surface area contributed by atoms with E-state index in [1.54, 1.807) is 13.1 Å². The Balaban J connectivity index is 1.61. The van der Waals surface area contributed by atoms with E-state index in [1.807, 2.05) is 72.8 Å². The van der Waals surface area contributed by atoms with Gasteiger partial charge in [-0.2, -0.15) is 0 Å². The van der Waals surface area contributed by atoms with Crippen molar-refractivity contribution in [2.45, 2.75) is 5.92 Å². The molecule has 2 aliphatic rings. The Morgan fingerprint density at radius 3 is 2.00 bits per heavy atom. The van der Waals surface area contributed by atoms with Crippen LogP contribution in [-0.4, -0.2) is 20.6 Å². The lowest BCUT2D eigenvalue weighted by Gasteiger charge is -2.30. The van der Waals surface area contributed by atoms with Gasteiger partial charge in [-0.1, -0.05) is 78.9 Å². The smallest absolute Gasteiger partial charge is 0.293 e. The van der Waals surface area contributed by atoms with Crippen LogP contribution in [0.4, 0.5) is 5.82 Å². The van der Waals surface area contributed by atoms with Crippen molar-refractivity contribution in [1.82, 2.24) is 9.13 Å². The number of carbonyl (C=O) groups is 1. The number of aromatic nitrogens is 2. The lowest BCUT2D eigenvalue weighted by Crippen LogP contribution is -2.43. The largest absolute Gasteiger partial charge is 0.332 e. The Hall–Kier alpha value is -4.32. The van der Waals surface area contributed by atoms with Crippen LogP contribution in [0.25, 0.3) is 11.1 Å². The van der Waals surface area contributed by atoms with Crippen molar-refractivity contribution in [2.24, 2.45) is 25.0 Å². The Morgan fingerprint density at radius 2 is 1.29 bits per heavy atom. The first-order valence-corrected chi connectivity index (χ1v) is 11.1. The van der Waals surface area contributed by atoms with Crippen LogP contribution in [0.2, 0.25) is 0 Å². The van der Waals surface area contributed by atoms with Gasteiger partial charge >= 0.3 is 5.69 Å². The van der Waals surface area contributed by atoms with Crippen LogP contribution in [0.1, 0.15) is 33.0 Å².